The topological polar surface area (TPSA) is 101 Å². The summed E-state index contributed by atoms with van der Waals surface area (Å²) in [6.07, 6.45) is 0. The summed E-state index contributed by atoms with van der Waals surface area (Å²) < 4.78 is 12.4. The van der Waals surface area contributed by atoms with E-state index in [9.17, 15) is 28.9 Å². The van der Waals surface area contributed by atoms with E-state index >= 15 is 0 Å². The van der Waals surface area contributed by atoms with Gasteiger partial charge in [-0.15, -0.1) is 23.2 Å². The van der Waals surface area contributed by atoms with E-state index in [-0.39, 0.29) is 21.2 Å². The summed E-state index contributed by atoms with van der Waals surface area (Å²) in [7, 11) is 0. The Kier molecular flexibility index (Phi) is 6.45. The van der Waals surface area contributed by atoms with Crippen LogP contribution in [0, 0.1) is 27.8 Å². The minimum absolute atomic E-state index is 0.0636. The van der Waals surface area contributed by atoms with Crippen LogP contribution in [0.3, 0.4) is 0 Å². The number of allylic oxidation sites excluding steroid dienone is 2. The Labute approximate surface area is 243 Å². The second-order valence-corrected chi connectivity index (χ2v) is 12.1. The highest BCUT2D eigenvalue weighted by Gasteiger charge is 2.88. The molecule has 5 rings (SSSR count). The number of nitro benzene ring substituents is 1. The number of halogens is 7. The van der Waals surface area contributed by atoms with Crippen LogP contribution < -0.4 is 0 Å². The van der Waals surface area contributed by atoms with E-state index in [0.717, 1.165) is 18.2 Å². The largest absolute Gasteiger partial charge is 0.273 e. The van der Waals surface area contributed by atoms with Gasteiger partial charge in [-0.1, -0.05) is 70.7 Å². The number of alkyl halides is 4. The molecule has 0 N–H and O–H groups in total. The molecule has 2 aromatic carbocycles. The van der Waals surface area contributed by atoms with Crippen LogP contribution in [0.25, 0.3) is 0 Å². The maximum atomic E-state index is 14.6. The Hall–Kier alpha value is -2.14. The number of non-ortho nitro benzene ring substituents is 1. The number of hydrogen-bond donors (Lipinski definition) is 0. The lowest BCUT2D eigenvalue weighted by Crippen LogP contribution is -2.55. The molecule has 3 aliphatic rings. The maximum Gasteiger partial charge on any atom is 0.273 e. The minimum Gasteiger partial charge on any atom is -0.272 e. The Morgan fingerprint density at radius 3 is 2.05 bits per heavy atom. The lowest BCUT2D eigenvalue weighted by Gasteiger charge is -2.37. The number of hydrazine groups is 1. The number of hydrogen-bond acceptors (Lipinski definition) is 5. The predicted molar refractivity (Wildman–Crippen MR) is 139 cm³/mol. The van der Waals surface area contributed by atoms with E-state index in [1.807, 2.05) is 0 Å². The zero-order chi connectivity index (χ0) is 27.9. The molecular formula is C23H12Cl6FN3O5. The summed E-state index contributed by atoms with van der Waals surface area (Å²) in [6, 6.07) is 9.93. The van der Waals surface area contributed by atoms with Crippen molar-refractivity contribution in [3.05, 3.63) is 85.7 Å². The highest BCUT2D eigenvalue weighted by Crippen LogP contribution is 2.77. The van der Waals surface area contributed by atoms with Crippen molar-refractivity contribution in [1.82, 2.24) is 10.0 Å². The second kappa shape index (κ2) is 8.94. The molecule has 8 nitrogen and oxygen atoms in total. The Morgan fingerprint density at radius 1 is 0.974 bits per heavy atom. The molecule has 1 aliphatic heterocycles. The van der Waals surface area contributed by atoms with Gasteiger partial charge in [-0.2, -0.15) is 5.01 Å². The van der Waals surface area contributed by atoms with Crippen molar-refractivity contribution >= 4 is 93.0 Å². The number of carbonyl (C=O) groups is 3. The van der Waals surface area contributed by atoms with Gasteiger partial charge < -0.3 is 0 Å². The van der Waals surface area contributed by atoms with Crippen LogP contribution in [-0.2, 0) is 16.1 Å². The van der Waals surface area contributed by atoms with Crippen molar-refractivity contribution in [3.8, 4) is 0 Å². The Balaban J connectivity index is 1.64. The number of fused-ring (bicyclic) bond motifs is 5. The molecule has 38 heavy (non-hydrogen) atoms. The molecule has 0 radical (unpaired) electrons. The molecule has 198 valence electrons. The smallest absolute Gasteiger partial charge is 0.272 e. The van der Waals surface area contributed by atoms with Gasteiger partial charge >= 0.3 is 0 Å². The van der Waals surface area contributed by atoms with E-state index in [2.05, 4.69) is 0 Å². The fraction of sp³-hybridized carbons (Fsp3) is 0.261. The molecule has 2 bridgehead atoms. The van der Waals surface area contributed by atoms with E-state index in [4.69, 9.17) is 69.6 Å². The zero-order valence-electron chi connectivity index (χ0n) is 18.5. The molecule has 0 spiro atoms. The van der Waals surface area contributed by atoms with Crippen molar-refractivity contribution in [2.24, 2.45) is 11.8 Å². The standard InChI is InChI=1S/C23H12Cl6FN3O5/c24-16-17(25)22(27)15-14(21(16,26)23(22,28)29)19(35)32(20(15)36)31(9-11-4-1-2-7-13(11)30)18(34)10-5-3-6-12(8-10)33(37)38/h1-8,14-15H,9H2/t14-,15-,21-,22-/m1/s1. The molecule has 1 saturated carbocycles. The lowest BCUT2D eigenvalue weighted by atomic mass is 9.84. The highest BCUT2D eigenvalue weighted by atomic mass is 35.5. The third kappa shape index (κ3) is 3.33. The summed E-state index contributed by atoms with van der Waals surface area (Å²) >= 11 is 39.1. The molecule has 1 saturated heterocycles. The number of nitrogens with zero attached hydrogens (tertiary/aromatic N) is 3. The zero-order valence-corrected chi connectivity index (χ0v) is 23.0. The molecule has 3 amide bonds. The van der Waals surface area contributed by atoms with Crippen molar-refractivity contribution in [1.29, 1.82) is 0 Å². The van der Waals surface area contributed by atoms with Gasteiger partial charge in [0, 0.05) is 23.3 Å². The summed E-state index contributed by atoms with van der Waals surface area (Å²) in [5, 5.41) is 11.8. The molecule has 15 heteroatoms. The first-order valence-electron chi connectivity index (χ1n) is 10.7. The van der Waals surface area contributed by atoms with Gasteiger partial charge in [0.1, 0.15) is 15.6 Å². The molecule has 2 aliphatic carbocycles. The average molecular weight is 642 g/mol. The summed E-state index contributed by atoms with van der Waals surface area (Å²) in [5.41, 5.74) is -0.742. The second-order valence-electron chi connectivity index (χ2n) is 8.83. The van der Waals surface area contributed by atoms with Crippen LogP contribution in [0.15, 0.2) is 58.6 Å². The predicted octanol–water partition coefficient (Wildman–Crippen LogP) is 5.74. The fourth-order valence-electron chi connectivity index (χ4n) is 5.14. The third-order valence-electron chi connectivity index (χ3n) is 6.94. The first-order chi connectivity index (χ1) is 17.7. The Bertz CT molecular complexity index is 1440. The molecule has 0 unspecified atom stereocenters. The molecule has 2 fully saturated rings. The SMILES string of the molecule is O=C(c1cccc([N+](=O)[O-])c1)N(Cc1ccccc1F)N1C(=O)[C@H]2[C@H](C1=O)[C@@]1(Cl)C(Cl)=C(Cl)[C@@]2(Cl)C1(Cl)Cl. The van der Waals surface area contributed by atoms with E-state index in [0.29, 0.717) is 10.0 Å². The van der Waals surface area contributed by atoms with Gasteiger partial charge in [0.05, 0.1) is 33.4 Å². The fourth-order valence-corrected chi connectivity index (χ4v) is 8.07. The van der Waals surface area contributed by atoms with Gasteiger partial charge in [0.25, 0.3) is 23.4 Å². The van der Waals surface area contributed by atoms with Crippen molar-refractivity contribution in [2.45, 2.75) is 20.6 Å². The number of nitro groups is 1. The van der Waals surface area contributed by atoms with Crippen molar-refractivity contribution < 1.29 is 23.7 Å². The highest BCUT2D eigenvalue weighted by molar-refractivity contribution is 6.66. The maximum absolute atomic E-state index is 14.6. The van der Waals surface area contributed by atoms with Crippen LogP contribution in [0.4, 0.5) is 10.1 Å². The van der Waals surface area contributed by atoms with Gasteiger partial charge in [-0.25, -0.2) is 9.40 Å². The Morgan fingerprint density at radius 2 is 1.53 bits per heavy atom. The van der Waals surface area contributed by atoms with E-state index in [1.54, 1.807) is 0 Å². The van der Waals surface area contributed by atoms with E-state index in [1.165, 1.54) is 30.3 Å². The lowest BCUT2D eigenvalue weighted by molar-refractivity contribution is -0.384. The van der Waals surface area contributed by atoms with Crippen LogP contribution >= 0.6 is 69.6 Å². The van der Waals surface area contributed by atoms with Gasteiger partial charge in [-0.3, -0.25) is 24.5 Å². The quantitative estimate of drug-likeness (QED) is 0.179. The van der Waals surface area contributed by atoms with Crippen LogP contribution in [-0.4, -0.2) is 46.7 Å². The van der Waals surface area contributed by atoms with Crippen LogP contribution in [0.5, 0.6) is 0 Å². The van der Waals surface area contributed by atoms with Gasteiger partial charge in [-0.05, 0) is 12.1 Å². The number of carbonyl (C=O) groups excluding carboxylic acids is 3. The number of imide groups is 1. The summed E-state index contributed by atoms with van der Waals surface area (Å²) in [5.74, 6) is -6.92. The van der Waals surface area contributed by atoms with Gasteiger partial charge in [0.2, 0.25) is 0 Å². The van der Waals surface area contributed by atoms with Gasteiger partial charge in [0.15, 0.2) is 4.33 Å². The van der Waals surface area contributed by atoms with Crippen molar-refractivity contribution in [2.75, 3.05) is 0 Å². The molecule has 2 aromatic rings. The van der Waals surface area contributed by atoms with Crippen LogP contribution in [0.1, 0.15) is 15.9 Å². The first-order valence-corrected chi connectivity index (χ1v) is 13.0. The average Bonchev–Trinajstić information content (AvgIpc) is 3.26. The van der Waals surface area contributed by atoms with Crippen LogP contribution in [0.2, 0.25) is 0 Å². The molecule has 4 atom stereocenters. The third-order valence-corrected chi connectivity index (χ3v) is 11.2. The number of amides is 3. The normalized spacial score (nSPS) is 29.2. The van der Waals surface area contributed by atoms with Crippen molar-refractivity contribution in [3.63, 3.8) is 0 Å². The first kappa shape index (κ1) is 27.4. The van der Waals surface area contributed by atoms with E-state index < -0.39 is 66.6 Å². The minimum atomic E-state index is -2.19. The number of benzene rings is 2. The summed E-state index contributed by atoms with van der Waals surface area (Å²) in [6.45, 7) is -0.614. The number of rotatable bonds is 5. The monoisotopic (exact) mass is 639 g/mol. The molecule has 0 aromatic heterocycles. The summed E-state index contributed by atoms with van der Waals surface area (Å²) in [4.78, 5) is 47.6. The molecular weight excluding hydrogens is 630 g/mol. The molecule has 1 heterocycles.